The van der Waals surface area contributed by atoms with E-state index in [-0.39, 0.29) is 0 Å². The molecule has 0 N–H and O–H groups in total. The van der Waals surface area contributed by atoms with Gasteiger partial charge in [0.15, 0.2) is 0 Å². The van der Waals surface area contributed by atoms with Crippen LogP contribution in [0, 0.1) is 11.3 Å². The first-order valence-electron chi connectivity index (χ1n) is 8.46. The Kier molecular flexibility index (Phi) is 2.85. The summed E-state index contributed by atoms with van der Waals surface area (Å²) in [6, 6.07) is 16.0. The molecule has 0 aliphatic carbocycles. The van der Waals surface area contributed by atoms with Crippen LogP contribution in [0.4, 0.5) is 16.2 Å². The fourth-order valence-electron chi connectivity index (χ4n) is 2.84. The zero-order valence-corrected chi connectivity index (χ0v) is 12.6. The maximum absolute atomic E-state index is 13.2. The summed E-state index contributed by atoms with van der Waals surface area (Å²) in [6.07, 6.45) is 3.17. The van der Waals surface area contributed by atoms with E-state index in [2.05, 4.69) is 4.98 Å². The number of fused-ring (bicyclic) bond motifs is 1. The van der Waals surface area contributed by atoms with Crippen LogP contribution in [-0.2, 0) is 0 Å². The molecule has 1 atom stereocenters. The molecule has 0 saturated carbocycles. The number of pyridine rings is 1. The molecule has 116 valence electrons. The van der Waals surface area contributed by atoms with E-state index in [0.717, 1.165) is 15.7 Å². The lowest BCUT2D eigenvalue weighted by molar-refractivity contribution is 0.255. The van der Waals surface area contributed by atoms with Crippen molar-refractivity contribution in [3.05, 3.63) is 67.0 Å². The lowest BCUT2D eigenvalue weighted by atomic mass is 10.1. The second kappa shape index (κ2) is 5.67. The lowest BCUT2D eigenvalue weighted by Gasteiger charge is -2.21. The van der Waals surface area contributed by atoms with Crippen molar-refractivity contribution in [2.45, 2.75) is 6.04 Å². The van der Waals surface area contributed by atoms with Crippen molar-refractivity contribution < 1.29 is 7.54 Å². The summed E-state index contributed by atoms with van der Waals surface area (Å²) in [6.45, 7) is -2.19. The van der Waals surface area contributed by atoms with Gasteiger partial charge in [0.05, 0.1) is 27.2 Å². The minimum absolute atomic E-state index is 0.401. The standard InChI is InChI=1S/C19H14N4O/c20-10-16-13-22(15-7-2-1-3-8-15)19(24)23(16)18-12-21-11-14-6-4-5-9-17(14)18/h1-9,11-12,16H,13H2/i13D2. The molecule has 2 aromatic carbocycles. The van der Waals surface area contributed by atoms with Gasteiger partial charge < -0.3 is 0 Å². The third kappa shape index (κ3) is 2.17. The van der Waals surface area contributed by atoms with Crippen LogP contribution in [0.5, 0.6) is 0 Å². The van der Waals surface area contributed by atoms with Gasteiger partial charge in [0.25, 0.3) is 0 Å². The van der Waals surface area contributed by atoms with Crippen LogP contribution in [0.2, 0.25) is 0 Å². The van der Waals surface area contributed by atoms with Crippen LogP contribution in [-0.4, -0.2) is 23.6 Å². The Balaban J connectivity index is 1.91. The summed E-state index contributed by atoms with van der Waals surface area (Å²) in [5.74, 6) is 0. The first-order valence-corrected chi connectivity index (χ1v) is 7.46. The number of hydrogen-bond donors (Lipinski definition) is 0. The Morgan fingerprint density at radius 2 is 1.88 bits per heavy atom. The fourth-order valence-corrected chi connectivity index (χ4v) is 2.84. The van der Waals surface area contributed by atoms with E-state index >= 15 is 0 Å². The van der Waals surface area contributed by atoms with Crippen molar-refractivity contribution in [2.75, 3.05) is 16.3 Å². The monoisotopic (exact) mass is 316 g/mol. The normalized spacial score (nSPS) is 20.6. The number of rotatable bonds is 2. The third-order valence-corrected chi connectivity index (χ3v) is 3.95. The minimum atomic E-state index is -2.19. The van der Waals surface area contributed by atoms with E-state index in [0.29, 0.717) is 11.4 Å². The topological polar surface area (TPSA) is 60.2 Å². The highest BCUT2D eigenvalue weighted by atomic mass is 16.2. The Hall–Kier alpha value is -3.39. The Labute approximate surface area is 142 Å². The maximum Gasteiger partial charge on any atom is 0.330 e. The summed E-state index contributed by atoms with van der Waals surface area (Å²) in [5.41, 5.74) is 0.820. The lowest BCUT2D eigenvalue weighted by Crippen LogP contribution is -2.34. The molecule has 2 heterocycles. The van der Waals surface area contributed by atoms with E-state index in [1.54, 1.807) is 36.5 Å². The molecule has 4 rings (SSSR count). The number of benzene rings is 2. The van der Waals surface area contributed by atoms with Gasteiger partial charge in [-0.05, 0) is 12.1 Å². The molecule has 2 amide bonds. The van der Waals surface area contributed by atoms with Gasteiger partial charge in [-0.15, -0.1) is 0 Å². The summed E-state index contributed by atoms with van der Waals surface area (Å²) >= 11 is 0. The highest BCUT2D eigenvalue weighted by Crippen LogP contribution is 2.32. The molecule has 3 aromatic rings. The second-order valence-electron chi connectivity index (χ2n) is 5.36. The average molecular weight is 316 g/mol. The Morgan fingerprint density at radius 3 is 2.67 bits per heavy atom. The van der Waals surface area contributed by atoms with Gasteiger partial charge in [0.1, 0.15) is 6.04 Å². The molecule has 1 aliphatic rings. The molecule has 5 nitrogen and oxygen atoms in total. The molecule has 1 aromatic heterocycles. The predicted molar refractivity (Wildman–Crippen MR) is 92.8 cm³/mol. The average Bonchev–Trinajstić information content (AvgIpc) is 2.86. The Morgan fingerprint density at radius 1 is 1.12 bits per heavy atom. The van der Waals surface area contributed by atoms with Crippen molar-refractivity contribution in [1.29, 1.82) is 5.26 Å². The van der Waals surface area contributed by atoms with Crippen molar-refractivity contribution in [2.24, 2.45) is 0 Å². The number of aromatic nitrogens is 1. The van der Waals surface area contributed by atoms with Crippen molar-refractivity contribution in [3.63, 3.8) is 0 Å². The molecule has 1 fully saturated rings. The van der Waals surface area contributed by atoms with E-state index in [1.165, 1.54) is 11.1 Å². The minimum Gasteiger partial charge on any atom is -0.291 e. The highest BCUT2D eigenvalue weighted by molar-refractivity contribution is 6.11. The summed E-state index contributed by atoms with van der Waals surface area (Å²) in [7, 11) is 0. The number of urea groups is 1. The van der Waals surface area contributed by atoms with Gasteiger partial charge in [0.2, 0.25) is 0 Å². The van der Waals surface area contributed by atoms with Crippen LogP contribution in [0.15, 0.2) is 67.0 Å². The predicted octanol–water partition coefficient (Wildman–Crippen LogP) is 3.57. The largest absolute Gasteiger partial charge is 0.330 e. The van der Waals surface area contributed by atoms with E-state index in [4.69, 9.17) is 2.74 Å². The first-order chi connectivity index (χ1) is 12.6. The number of carbonyl (C=O) groups excluding carboxylic acids is 1. The maximum atomic E-state index is 13.2. The fraction of sp³-hybridized carbons (Fsp3) is 0.105. The molecule has 0 bridgehead atoms. The summed E-state index contributed by atoms with van der Waals surface area (Å²) in [4.78, 5) is 19.6. The van der Waals surface area contributed by atoms with E-state index in [1.807, 2.05) is 30.3 Å². The number of para-hydroxylation sites is 1. The van der Waals surface area contributed by atoms with Gasteiger partial charge in [-0.1, -0.05) is 42.5 Å². The first kappa shape index (κ1) is 12.1. The number of amides is 2. The summed E-state index contributed by atoms with van der Waals surface area (Å²) in [5, 5.41) is 11.2. The molecule has 1 unspecified atom stereocenters. The quantitative estimate of drug-likeness (QED) is 0.726. The molecule has 1 saturated heterocycles. The summed E-state index contributed by atoms with van der Waals surface area (Å²) < 4.78 is 16.9. The van der Waals surface area contributed by atoms with Crippen molar-refractivity contribution >= 4 is 28.2 Å². The van der Waals surface area contributed by atoms with E-state index < -0.39 is 18.6 Å². The second-order valence-corrected chi connectivity index (χ2v) is 5.36. The van der Waals surface area contributed by atoms with Gasteiger partial charge in [0, 0.05) is 22.7 Å². The Bertz CT molecular complexity index is 1030. The number of nitrogens with zero attached hydrogens (tertiary/aromatic N) is 4. The van der Waals surface area contributed by atoms with Crippen LogP contribution in [0.1, 0.15) is 2.74 Å². The third-order valence-electron chi connectivity index (χ3n) is 3.95. The zero-order valence-electron chi connectivity index (χ0n) is 14.6. The van der Waals surface area contributed by atoms with Gasteiger partial charge >= 0.3 is 6.03 Å². The molecular weight excluding hydrogens is 300 g/mol. The van der Waals surface area contributed by atoms with Crippen LogP contribution in [0.3, 0.4) is 0 Å². The number of carbonyl (C=O) groups is 1. The van der Waals surface area contributed by atoms with Crippen LogP contribution in [0.25, 0.3) is 10.8 Å². The SMILES string of the molecule is [2H]C1([2H])C(C#N)N(c2cncc3ccccc23)C(=O)N1c1ccccc1. The van der Waals surface area contributed by atoms with Gasteiger partial charge in [-0.25, -0.2) is 4.79 Å². The van der Waals surface area contributed by atoms with Crippen LogP contribution < -0.4 is 9.80 Å². The highest BCUT2D eigenvalue weighted by Gasteiger charge is 2.39. The number of hydrogen-bond acceptors (Lipinski definition) is 3. The molecule has 1 aliphatic heterocycles. The van der Waals surface area contributed by atoms with Gasteiger partial charge in [-0.2, -0.15) is 5.26 Å². The van der Waals surface area contributed by atoms with Gasteiger partial charge in [-0.3, -0.25) is 14.8 Å². The molecule has 24 heavy (non-hydrogen) atoms. The molecule has 0 spiro atoms. The molecular formula is C19H14N4O. The van der Waals surface area contributed by atoms with Crippen molar-refractivity contribution in [1.82, 2.24) is 4.98 Å². The molecule has 0 radical (unpaired) electrons. The van der Waals surface area contributed by atoms with Crippen molar-refractivity contribution in [3.8, 4) is 6.07 Å². The smallest absolute Gasteiger partial charge is 0.291 e. The number of anilines is 2. The van der Waals surface area contributed by atoms with Crippen LogP contribution >= 0.6 is 0 Å². The molecule has 5 heteroatoms. The zero-order chi connectivity index (χ0) is 18.3. The van der Waals surface area contributed by atoms with E-state index in [9.17, 15) is 10.1 Å². The number of nitriles is 1.